The highest BCUT2D eigenvalue weighted by Gasteiger charge is 2.10. The fourth-order valence-corrected chi connectivity index (χ4v) is 2.95. The van der Waals surface area contributed by atoms with Crippen molar-refractivity contribution in [2.75, 3.05) is 5.32 Å². The smallest absolute Gasteiger partial charge is 0.255 e. The summed E-state index contributed by atoms with van der Waals surface area (Å²) in [6.45, 7) is 3.00. The van der Waals surface area contributed by atoms with E-state index >= 15 is 0 Å². The van der Waals surface area contributed by atoms with Crippen molar-refractivity contribution >= 4 is 23.2 Å². The Labute approximate surface area is 159 Å². The van der Waals surface area contributed by atoms with E-state index < -0.39 is 0 Å². The topological polar surface area (TPSA) is 45.7 Å². The summed E-state index contributed by atoms with van der Waals surface area (Å²) in [5, 5.41) is 5.91. The van der Waals surface area contributed by atoms with Crippen LogP contribution in [0.15, 0.2) is 78.9 Å². The molecule has 0 bridgehead atoms. The van der Waals surface area contributed by atoms with Crippen LogP contribution in [0.1, 0.15) is 34.5 Å². The van der Waals surface area contributed by atoms with Gasteiger partial charge in [-0.3, -0.25) is 4.79 Å². The maximum absolute atomic E-state index is 12.3. The second kappa shape index (κ2) is 8.65. The summed E-state index contributed by atoms with van der Waals surface area (Å²) in [5.41, 5.74) is 3.83. The molecule has 0 unspecified atom stereocenters. The summed E-state index contributed by atoms with van der Waals surface area (Å²) in [5.74, 6) is -0.0981. The van der Waals surface area contributed by atoms with Gasteiger partial charge in [0, 0.05) is 27.4 Å². The van der Waals surface area contributed by atoms with Crippen LogP contribution in [-0.2, 0) is 6.54 Å². The minimum atomic E-state index is -0.0981. The highest BCUT2D eigenvalue weighted by molar-refractivity contribution is 6.30. The molecular weight excluding hydrogens is 344 g/mol. The Morgan fingerprint density at radius 1 is 1.00 bits per heavy atom. The number of carbonyl (C=O) groups is 1. The van der Waals surface area contributed by atoms with Gasteiger partial charge in [0.25, 0.3) is 5.91 Å². The Bertz CT molecular complexity index is 863. The van der Waals surface area contributed by atoms with Crippen LogP contribution in [0, 0.1) is 0 Å². The van der Waals surface area contributed by atoms with Crippen LogP contribution in [0.4, 0.5) is 5.69 Å². The zero-order valence-corrected chi connectivity index (χ0v) is 15.4. The van der Waals surface area contributed by atoms with Gasteiger partial charge in [0.15, 0.2) is 0 Å². The number of hydrogen-bond donors (Lipinski definition) is 2. The predicted octanol–water partition coefficient (Wildman–Crippen LogP) is 4.42. The average molecular weight is 366 g/mol. The number of halogens is 1. The lowest BCUT2D eigenvalue weighted by Gasteiger charge is -2.12. The Hall–Kier alpha value is -2.62. The van der Waals surface area contributed by atoms with E-state index in [0.29, 0.717) is 11.6 Å². The van der Waals surface area contributed by atoms with Crippen LogP contribution in [0.3, 0.4) is 0 Å². The molecule has 0 aromatic heterocycles. The van der Waals surface area contributed by atoms with Crippen molar-refractivity contribution in [1.82, 2.24) is 0 Å². The van der Waals surface area contributed by atoms with E-state index in [1.165, 1.54) is 11.1 Å². The minimum absolute atomic E-state index is 0.0981. The highest BCUT2D eigenvalue weighted by Crippen LogP contribution is 2.15. The van der Waals surface area contributed by atoms with E-state index in [-0.39, 0.29) is 5.91 Å². The molecule has 0 heterocycles. The molecule has 0 spiro atoms. The van der Waals surface area contributed by atoms with Crippen LogP contribution < -0.4 is 10.6 Å². The average Bonchev–Trinajstić information content (AvgIpc) is 2.67. The van der Waals surface area contributed by atoms with Crippen LogP contribution in [-0.4, -0.2) is 5.91 Å². The maximum Gasteiger partial charge on any atom is 0.255 e. The highest BCUT2D eigenvalue weighted by atomic mass is 35.5. The molecule has 3 rings (SSSR count). The third kappa shape index (κ3) is 4.94. The van der Waals surface area contributed by atoms with E-state index in [9.17, 15) is 4.79 Å². The minimum Gasteiger partial charge on any atom is -0.337 e. The van der Waals surface area contributed by atoms with Gasteiger partial charge in [0.2, 0.25) is 0 Å². The van der Waals surface area contributed by atoms with Crippen molar-refractivity contribution in [3.8, 4) is 0 Å². The molecule has 0 aliphatic rings. The first-order chi connectivity index (χ1) is 12.6. The fraction of sp³-hybridized carbons (Fsp3) is 0.136. The lowest BCUT2D eigenvalue weighted by Crippen LogP contribution is -2.83. The van der Waals surface area contributed by atoms with E-state index in [1.807, 2.05) is 72.8 Å². The number of quaternary nitrogens is 1. The molecule has 4 heteroatoms. The summed E-state index contributed by atoms with van der Waals surface area (Å²) >= 11 is 6.06. The number of nitrogens with two attached hydrogens (primary N) is 1. The van der Waals surface area contributed by atoms with Crippen LogP contribution in [0.5, 0.6) is 0 Å². The first-order valence-electron chi connectivity index (χ1n) is 8.66. The summed E-state index contributed by atoms with van der Waals surface area (Å²) < 4.78 is 0. The van der Waals surface area contributed by atoms with Crippen molar-refractivity contribution in [3.05, 3.63) is 101 Å². The van der Waals surface area contributed by atoms with Crippen molar-refractivity contribution in [3.63, 3.8) is 0 Å². The fourth-order valence-electron chi connectivity index (χ4n) is 2.76. The molecule has 1 amide bonds. The van der Waals surface area contributed by atoms with E-state index in [0.717, 1.165) is 17.3 Å². The zero-order chi connectivity index (χ0) is 18.4. The number of rotatable bonds is 6. The molecule has 0 saturated carbocycles. The second-order valence-electron chi connectivity index (χ2n) is 6.30. The third-order valence-electron chi connectivity index (χ3n) is 4.33. The zero-order valence-electron chi connectivity index (χ0n) is 14.7. The molecule has 0 fully saturated rings. The third-order valence-corrected chi connectivity index (χ3v) is 4.56. The molecule has 3 N–H and O–H groups in total. The van der Waals surface area contributed by atoms with Crippen molar-refractivity contribution in [1.29, 1.82) is 0 Å². The van der Waals surface area contributed by atoms with Gasteiger partial charge in [-0.25, -0.2) is 0 Å². The molecule has 0 radical (unpaired) electrons. The van der Waals surface area contributed by atoms with Gasteiger partial charge in [-0.2, -0.15) is 0 Å². The molecule has 3 aromatic carbocycles. The summed E-state index contributed by atoms with van der Waals surface area (Å²) in [6, 6.07) is 25.5. The number of benzene rings is 3. The van der Waals surface area contributed by atoms with Gasteiger partial charge in [0.1, 0.15) is 12.6 Å². The lowest BCUT2D eigenvalue weighted by atomic mass is 10.1. The normalized spacial score (nSPS) is 11.8. The maximum atomic E-state index is 12.3. The van der Waals surface area contributed by atoms with E-state index in [1.54, 1.807) is 0 Å². The van der Waals surface area contributed by atoms with Gasteiger partial charge in [0.05, 0.1) is 0 Å². The van der Waals surface area contributed by atoms with Crippen LogP contribution in [0.2, 0.25) is 5.02 Å². The lowest BCUT2D eigenvalue weighted by molar-refractivity contribution is -0.707. The molecule has 0 saturated heterocycles. The molecule has 1 atom stereocenters. The number of hydrogen-bond acceptors (Lipinski definition) is 1. The molecule has 3 aromatic rings. The Morgan fingerprint density at radius 2 is 1.73 bits per heavy atom. The molecule has 3 nitrogen and oxygen atoms in total. The first-order valence-corrected chi connectivity index (χ1v) is 9.04. The van der Waals surface area contributed by atoms with Gasteiger partial charge in [-0.05, 0) is 43.3 Å². The first kappa shape index (κ1) is 18.2. The van der Waals surface area contributed by atoms with Crippen molar-refractivity contribution in [2.45, 2.75) is 19.5 Å². The number of nitrogens with one attached hydrogen (secondary N) is 1. The Morgan fingerprint density at radius 3 is 2.42 bits per heavy atom. The molecule has 0 aliphatic carbocycles. The largest absolute Gasteiger partial charge is 0.337 e. The quantitative estimate of drug-likeness (QED) is 0.667. The second-order valence-corrected chi connectivity index (χ2v) is 6.74. The van der Waals surface area contributed by atoms with Crippen molar-refractivity contribution in [2.24, 2.45) is 0 Å². The van der Waals surface area contributed by atoms with Gasteiger partial charge in [-0.1, -0.05) is 54.1 Å². The Kier molecular flexibility index (Phi) is 6.05. The number of para-hydroxylation sites is 1. The number of carbonyl (C=O) groups excluding carboxylic acids is 1. The molecule has 0 aliphatic heterocycles. The monoisotopic (exact) mass is 365 g/mol. The Balaban J connectivity index is 1.56. The van der Waals surface area contributed by atoms with Gasteiger partial charge >= 0.3 is 0 Å². The summed E-state index contributed by atoms with van der Waals surface area (Å²) in [6.07, 6.45) is 0. The molecular formula is C22H22ClN2O+. The van der Waals surface area contributed by atoms with Gasteiger partial charge in [-0.15, -0.1) is 0 Å². The van der Waals surface area contributed by atoms with E-state index in [4.69, 9.17) is 11.6 Å². The standard InChI is InChI=1S/C22H21ClN2O/c1-16(19-6-5-7-20(23)14-19)24-15-17-10-12-18(13-11-17)22(26)25-21-8-3-2-4-9-21/h2-14,16,24H,15H2,1H3,(H,25,26)/p+1/t16-/m1/s1. The number of amides is 1. The van der Waals surface area contributed by atoms with E-state index in [2.05, 4.69) is 23.6 Å². The van der Waals surface area contributed by atoms with Gasteiger partial charge < -0.3 is 10.6 Å². The predicted molar refractivity (Wildman–Crippen MR) is 106 cm³/mol. The van der Waals surface area contributed by atoms with Crippen LogP contribution >= 0.6 is 11.6 Å². The van der Waals surface area contributed by atoms with Crippen molar-refractivity contribution < 1.29 is 10.1 Å². The summed E-state index contributed by atoms with van der Waals surface area (Å²) in [7, 11) is 0. The summed E-state index contributed by atoms with van der Waals surface area (Å²) in [4.78, 5) is 12.3. The van der Waals surface area contributed by atoms with Crippen LogP contribution in [0.25, 0.3) is 0 Å². The molecule has 26 heavy (non-hydrogen) atoms. The number of anilines is 1. The SMILES string of the molecule is C[C@@H]([NH2+]Cc1ccc(C(=O)Nc2ccccc2)cc1)c1cccc(Cl)c1. The molecule has 132 valence electrons.